The molecule has 0 saturated carbocycles. The Kier molecular flexibility index (Phi) is 10.5. The van der Waals surface area contributed by atoms with Crippen LogP contribution in [0.4, 0.5) is 10.1 Å². The number of hydrogen-bond donors (Lipinski definition) is 1. The van der Waals surface area contributed by atoms with Gasteiger partial charge in [-0.1, -0.05) is 48.9 Å². The van der Waals surface area contributed by atoms with E-state index in [-0.39, 0.29) is 34.1 Å². The van der Waals surface area contributed by atoms with Crippen molar-refractivity contribution in [2.45, 2.75) is 50.7 Å². The molecule has 3 aromatic rings. The van der Waals surface area contributed by atoms with Crippen molar-refractivity contribution in [2.24, 2.45) is 0 Å². The predicted molar refractivity (Wildman–Crippen MR) is 153 cm³/mol. The number of benzene rings is 3. The van der Waals surface area contributed by atoms with Crippen molar-refractivity contribution in [1.29, 1.82) is 0 Å². The lowest BCUT2D eigenvalue weighted by Gasteiger charge is -2.32. The van der Waals surface area contributed by atoms with Gasteiger partial charge in [0.15, 0.2) is 0 Å². The van der Waals surface area contributed by atoms with Crippen LogP contribution in [0.2, 0.25) is 5.02 Å². The van der Waals surface area contributed by atoms with E-state index >= 15 is 0 Å². The number of carbonyl (C=O) groups is 2. The second kappa shape index (κ2) is 13.6. The summed E-state index contributed by atoms with van der Waals surface area (Å²) in [5.74, 6) is -1.12. The molecule has 214 valence electrons. The maximum absolute atomic E-state index is 14.0. The molecule has 8 nitrogen and oxygen atoms in total. The van der Waals surface area contributed by atoms with E-state index < -0.39 is 34.3 Å². The lowest BCUT2D eigenvalue weighted by molar-refractivity contribution is -0.139. The predicted octanol–water partition coefficient (Wildman–Crippen LogP) is 5.02. The highest BCUT2D eigenvalue weighted by molar-refractivity contribution is 7.92. The summed E-state index contributed by atoms with van der Waals surface area (Å²) in [4.78, 5) is 28.2. The van der Waals surface area contributed by atoms with Gasteiger partial charge >= 0.3 is 0 Å². The summed E-state index contributed by atoms with van der Waals surface area (Å²) in [6.45, 7) is 4.74. The third-order valence-corrected chi connectivity index (χ3v) is 8.56. The van der Waals surface area contributed by atoms with E-state index in [0.717, 1.165) is 16.4 Å². The van der Waals surface area contributed by atoms with Gasteiger partial charge in [-0.2, -0.15) is 0 Å². The van der Waals surface area contributed by atoms with Gasteiger partial charge in [-0.25, -0.2) is 12.8 Å². The van der Waals surface area contributed by atoms with Crippen LogP contribution in [0.25, 0.3) is 0 Å². The first-order valence-electron chi connectivity index (χ1n) is 12.7. The van der Waals surface area contributed by atoms with Gasteiger partial charge < -0.3 is 15.0 Å². The van der Waals surface area contributed by atoms with Crippen LogP contribution >= 0.6 is 11.6 Å². The molecule has 0 heterocycles. The average Bonchev–Trinajstić information content (AvgIpc) is 2.96. The first kappa shape index (κ1) is 30.9. The summed E-state index contributed by atoms with van der Waals surface area (Å²) < 4.78 is 47.5. The molecule has 0 saturated heterocycles. The molecular weight excluding hydrogens is 557 g/mol. The molecule has 0 spiro atoms. The van der Waals surface area contributed by atoms with E-state index in [2.05, 4.69) is 5.32 Å². The number of rotatable bonds is 12. The standard InChI is InChI=1S/C29H33ClFN3O5S/c1-5-20(2)32-29(36)21(3)33(18-22-11-14-24(39-4)15-12-22)28(35)19-34(23-13-16-27(31)26(30)17-23)40(37,38)25-9-7-6-8-10-25/h6-17,20-21H,5,18-19H2,1-4H3,(H,32,36). The van der Waals surface area contributed by atoms with E-state index in [1.807, 2.05) is 13.8 Å². The third kappa shape index (κ3) is 7.51. The van der Waals surface area contributed by atoms with E-state index in [1.165, 1.54) is 30.2 Å². The van der Waals surface area contributed by atoms with Crippen LogP contribution in [-0.2, 0) is 26.2 Å². The number of carbonyl (C=O) groups excluding carboxylic acids is 2. The lowest BCUT2D eigenvalue weighted by atomic mass is 10.1. The summed E-state index contributed by atoms with van der Waals surface area (Å²) in [7, 11) is -2.74. The maximum atomic E-state index is 14.0. The van der Waals surface area contributed by atoms with E-state index in [0.29, 0.717) is 17.7 Å². The van der Waals surface area contributed by atoms with Gasteiger partial charge in [-0.05, 0) is 68.3 Å². The maximum Gasteiger partial charge on any atom is 0.264 e. The van der Waals surface area contributed by atoms with Crippen LogP contribution in [0.1, 0.15) is 32.8 Å². The van der Waals surface area contributed by atoms with Crippen LogP contribution in [0.5, 0.6) is 5.75 Å². The Bertz CT molecular complexity index is 1420. The summed E-state index contributed by atoms with van der Waals surface area (Å²) in [6.07, 6.45) is 0.694. The van der Waals surface area contributed by atoms with Crippen LogP contribution < -0.4 is 14.4 Å². The fourth-order valence-corrected chi connectivity index (χ4v) is 5.47. The Hall–Kier alpha value is -3.63. The second-order valence-electron chi connectivity index (χ2n) is 9.29. The third-order valence-electron chi connectivity index (χ3n) is 6.48. The zero-order valence-electron chi connectivity index (χ0n) is 22.8. The van der Waals surface area contributed by atoms with E-state index in [1.54, 1.807) is 49.4 Å². The molecule has 2 unspecified atom stereocenters. The van der Waals surface area contributed by atoms with Crippen molar-refractivity contribution in [1.82, 2.24) is 10.2 Å². The molecule has 40 heavy (non-hydrogen) atoms. The minimum atomic E-state index is -4.28. The Morgan fingerprint density at radius 2 is 1.68 bits per heavy atom. The molecule has 0 aliphatic carbocycles. The van der Waals surface area contributed by atoms with Crippen molar-refractivity contribution in [3.63, 3.8) is 0 Å². The first-order valence-corrected chi connectivity index (χ1v) is 14.5. The van der Waals surface area contributed by atoms with Crippen LogP contribution in [0.3, 0.4) is 0 Å². The van der Waals surface area contributed by atoms with Crippen LogP contribution in [0.15, 0.2) is 77.7 Å². The summed E-state index contributed by atoms with van der Waals surface area (Å²) in [5.41, 5.74) is 0.712. The van der Waals surface area contributed by atoms with Crippen molar-refractivity contribution < 1.29 is 27.1 Å². The van der Waals surface area contributed by atoms with Gasteiger partial charge in [-0.3, -0.25) is 13.9 Å². The molecule has 0 aromatic heterocycles. The highest BCUT2D eigenvalue weighted by Crippen LogP contribution is 2.28. The van der Waals surface area contributed by atoms with Crippen molar-refractivity contribution in [3.8, 4) is 5.75 Å². The summed E-state index contributed by atoms with van der Waals surface area (Å²) in [6, 6.07) is 16.9. The summed E-state index contributed by atoms with van der Waals surface area (Å²) >= 11 is 5.98. The van der Waals surface area contributed by atoms with Gasteiger partial charge in [0.25, 0.3) is 10.0 Å². The highest BCUT2D eigenvalue weighted by Gasteiger charge is 2.33. The molecule has 0 radical (unpaired) electrons. The first-order chi connectivity index (χ1) is 19.0. The minimum Gasteiger partial charge on any atom is -0.497 e. The number of nitrogens with one attached hydrogen (secondary N) is 1. The molecule has 1 N–H and O–H groups in total. The zero-order valence-corrected chi connectivity index (χ0v) is 24.4. The largest absolute Gasteiger partial charge is 0.497 e. The van der Waals surface area contributed by atoms with Crippen molar-refractivity contribution in [2.75, 3.05) is 18.0 Å². The van der Waals surface area contributed by atoms with Gasteiger partial charge in [0.05, 0.1) is 22.7 Å². The topological polar surface area (TPSA) is 96.0 Å². The fraction of sp³-hybridized carbons (Fsp3) is 0.310. The number of hydrogen-bond acceptors (Lipinski definition) is 5. The minimum absolute atomic E-state index is 0.00436. The Morgan fingerprint density at radius 3 is 2.25 bits per heavy atom. The molecule has 11 heteroatoms. The van der Waals surface area contributed by atoms with Gasteiger partial charge in [0, 0.05) is 12.6 Å². The quantitative estimate of drug-likeness (QED) is 0.320. The molecule has 2 amide bonds. The van der Waals surface area contributed by atoms with Gasteiger partial charge in [0.1, 0.15) is 24.2 Å². The monoisotopic (exact) mass is 589 g/mol. The van der Waals surface area contributed by atoms with Crippen molar-refractivity contribution in [3.05, 3.63) is 89.2 Å². The van der Waals surface area contributed by atoms with Crippen LogP contribution in [0, 0.1) is 5.82 Å². The number of ether oxygens (including phenoxy) is 1. The Morgan fingerprint density at radius 1 is 1.02 bits per heavy atom. The number of halogens is 2. The highest BCUT2D eigenvalue weighted by atomic mass is 35.5. The number of methoxy groups -OCH3 is 1. The zero-order chi connectivity index (χ0) is 29.4. The number of sulfonamides is 1. The lowest BCUT2D eigenvalue weighted by Crippen LogP contribution is -2.52. The fourth-order valence-electron chi connectivity index (χ4n) is 3.86. The molecular formula is C29H33ClFN3O5S. The normalized spacial score (nSPS) is 12.8. The molecule has 0 bridgehead atoms. The number of nitrogens with zero attached hydrogens (tertiary/aromatic N) is 2. The number of amides is 2. The average molecular weight is 590 g/mol. The molecule has 3 aromatic carbocycles. The van der Waals surface area contributed by atoms with Gasteiger partial charge in [-0.15, -0.1) is 0 Å². The Labute approximate surface area is 239 Å². The summed E-state index contributed by atoms with van der Waals surface area (Å²) in [5, 5.41) is 2.58. The molecule has 3 rings (SSSR count). The molecule has 0 fully saturated rings. The van der Waals surface area contributed by atoms with Crippen molar-refractivity contribution >= 4 is 39.1 Å². The molecule has 0 aliphatic heterocycles. The van der Waals surface area contributed by atoms with Crippen LogP contribution in [-0.4, -0.2) is 50.9 Å². The molecule has 0 aliphatic rings. The Balaban J connectivity index is 2.03. The molecule has 2 atom stereocenters. The van der Waals surface area contributed by atoms with E-state index in [4.69, 9.17) is 16.3 Å². The van der Waals surface area contributed by atoms with Gasteiger partial charge in [0.2, 0.25) is 11.8 Å². The smallest absolute Gasteiger partial charge is 0.264 e. The number of anilines is 1. The van der Waals surface area contributed by atoms with E-state index in [9.17, 15) is 22.4 Å². The second-order valence-corrected chi connectivity index (χ2v) is 11.6. The SMILES string of the molecule is CCC(C)NC(=O)C(C)N(Cc1ccc(OC)cc1)C(=O)CN(c1ccc(F)c(Cl)c1)S(=O)(=O)c1ccccc1.